The molecule has 0 fully saturated rings. The maximum absolute atomic E-state index is 12.2. The third kappa shape index (κ3) is 6.05. The van der Waals surface area contributed by atoms with Gasteiger partial charge in [-0.05, 0) is 24.8 Å². The minimum Gasteiger partial charge on any atom is -0.338 e. The van der Waals surface area contributed by atoms with E-state index in [4.69, 9.17) is 0 Å². The van der Waals surface area contributed by atoms with E-state index in [9.17, 15) is 4.79 Å². The molecule has 2 nitrogen and oxygen atoms in total. The average molecular weight is 273 g/mol. The van der Waals surface area contributed by atoms with Crippen molar-refractivity contribution < 1.29 is 4.79 Å². The van der Waals surface area contributed by atoms with E-state index < -0.39 is 0 Å². The van der Waals surface area contributed by atoms with Crippen LogP contribution in [0.1, 0.15) is 46.1 Å². The molecular formula is C18H27NO. The van der Waals surface area contributed by atoms with Crippen LogP contribution in [0.15, 0.2) is 35.9 Å². The number of rotatable bonds is 7. The highest BCUT2D eigenvalue weighted by Gasteiger charge is 2.14. The van der Waals surface area contributed by atoms with Gasteiger partial charge in [-0.3, -0.25) is 4.79 Å². The second kappa shape index (κ2) is 8.57. The van der Waals surface area contributed by atoms with Gasteiger partial charge in [0, 0.05) is 19.5 Å². The molecule has 0 saturated heterocycles. The second-order valence-corrected chi connectivity index (χ2v) is 5.82. The molecule has 0 radical (unpaired) electrons. The van der Waals surface area contributed by atoms with Crippen LogP contribution in [0.4, 0.5) is 0 Å². The lowest BCUT2D eigenvalue weighted by molar-refractivity contribution is -0.131. The molecule has 0 heterocycles. The van der Waals surface area contributed by atoms with Crippen LogP contribution in [0, 0.1) is 5.92 Å². The van der Waals surface area contributed by atoms with E-state index in [-0.39, 0.29) is 5.91 Å². The van der Waals surface area contributed by atoms with Crippen LogP contribution in [0.25, 0.3) is 6.08 Å². The average Bonchev–Trinajstić information content (AvgIpc) is 2.38. The van der Waals surface area contributed by atoms with E-state index in [1.54, 1.807) is 0 Å². The van der Waals surface area contributed by atoms with Crippen molar-refractivity contribution in [3.8, 4) is 0 Å². The molecule has 0 spiro atoms. The van der Waals surface area contributed by atoms with Crippen molar-refractivity contribution >= 4 is 12.0 Å². The zero-order valence-electron chi connectivity index (χ0n) is 13.2. The van der Waals surface area contributed by atoms with Crippen LogP contribution >= 0.6 is 0 Å². The first-order valence-electron chi connectivity index (χ1n) is 7.53. The largest absolute Gasteiger partial charge is 0.338 e. The number of hydrogen-bond donors (Lipinski definition) is 0. The highest BCUT2D eigenvalue weighted by molar-refractivity contribution is 5.76. The summed E-state index contributed by atoms with van der Waals surface area (Å²) in [6, 6.07) is 10.3. The molecule has 0 unspecified atom stereocenters. The molecule has 110 valence electrons. The Labute approximate surface area is 123 Å². The minimum absolute atomic E-state index is 0.266. The molecule has 20 heavy (non-hydrogen) atoms. The maximum atomic E-state index is 12.2. The van der Waals surface area contributed by atoms with Gasteiger partial charge in [-0.2, -0.15) is 0 Å². The van der Waals surface area contributed by atoms with Crippen LogP contribution in [-0.4, -0.2) is 23.9 Å². The highest BCUT2D eigenvalue weighted by atomic mass is 16.2. The zero-order chi connectivity index (χ0) is 15.0. The summed E-state index contributed by atoms with van der Waals surface area (Å²) in [5, 5.41) is 0. The Morgan fingerprint density at radius 3 is 2.45 bits per heavy atom. The SMILES string of the molecule is CCCC(=O)N(C/C(C)=C/c1ccccc1)CC(C)C. The fourth-order valence-corrected chi connectivity index (χ4v) is 2.25. The molecule has 0 N–H and O–H groups in total. The van der Waals surface area contributed by atoms with Crippen LogP contribution in [0.5, 0.6) is 0 Å². The maximum Gasteiger partial charge on any atom is 0.222 e. The Kier molecular flexibility index (Phi) is 7.06. The summed E-state index contributed by atoms with van der Waals surface area (Å²) < 4.78 is 0. The number of carbonyl (C=O) groups is 1. The van der Waals surface area contributed by atoms with Gasteiger partial charge in [-0.25, -0.2) is 0 Å². The van der Waals surface area contributed by atoms with Crippen molar-refractivity contribution in [1.82, 2.24) is 4.90 Å². The third-order valence-corrected chi connectivity index (χ3v) is 3.06. The third-order valence-electron chi connectivity index (χ3n) is 3.06. The molecule has 0 atom stereocenters. The van der Waals surface area contributed by atoms with Crippen molar-refractivity contribution in [2.45, 2.75) is 40.5 Å². The molecular weight excluding hydrogens is 246 g/mol. The van der Waals surface area contributed by atoms with E-state index in [1.165, 1.54) is 11.1 Å². The van der Waals surface area contributed by atoms with Crippen LogP contribution in [-0.2, 0) is 4.79 Å². The number of carbonyl (C=O) groups excluding carboxylic acids is 1. The van der Waals surface area contributed by atoms with Crippen molar-refractivity contribution in [3.05, 3.63) is 41.5 Å². The molecule has 2 heteroatoms. The normalized spacial score (nSPS) is 11.8. The fourth-order valence-electron chi connectivity index (χ4n) is 2.25. The summed E-state index contributed by atoms with van der Waals surface area (Å²) in [4.78, 5) is 14.2. The van der Waals surface area contributed by atoms with Gasteiger partial charge < -0.3 is 4.90 Å². The Morgan fingerprint density at radius 2 is 1.90 bits per heavy atom. The van der Waals surface area contributed by atoms with Crippen molar-refractivity contribution in [1.29, 1.82) is 0 Å². The summed E-state index contributed by atoms with van der Waals surface area (Å²) in [6.07, 6.45) is 3.72. The minimum atomic E-state index is 0.266. The van der Waals surface area contributed by atoms with E-state index >= 15 is 0 Å². The molecule has 0 saturated carbocycles. The Hall–Kier alpha value is -1.57. The van der Waals surface area contributed by atoms with Gasteiger partial charge in [0.2, 0.25) is 5.91 Å². The quantitative estimate of drug-likeness (QED) is 0.722. The molecule has 1 aromatic rings. The van der Waals surface area contributed by atoms with Gasteiger partial charge in [0.1, 0.15) is 0 Å². The first kappa shape index (κ1) is 16.5. The number of nitrogens with zero attached hydrogens (tertiary/aromatic N) is 1. The fraction of sp³-hybridized carbons (Fsp3) is 0.500. The molecule has 0 aliphatic carbocycles. The topological polar surface area (TPSA) is 20.3 Å². The molecule has 0 bridgehead atoms. The predicted octanol–water partition coefficient (Wildman–Crippen LogP) is 4.37. The molecule has 1 rings (SSSR count). The molecule has 1 aromatic carbocycles. The van der Waals surface area contributed by atoms with Gasteiger partial charge in [-0.1, -0.05) is 62.8 Å². The number of hydrogen-bond acceptors (Lipinski definition) is 1. The van der Waals surface area contributed by atoms with E-state index in [0.29, 0.717) is 12.3 Å². The van der Waals surface area contributed by atoms with E-state index in [2.05, 4.69) is 45.9 Å². The molecule has 0 aliphatic heterocycles. The molecule has 1 amide bonds. The highest BCUT2D eigenvalue weighted by Crippen LogP contribution is 2.10. The first-order chi connectivity index (χ1) is 9.52. The summed E-state index contributed by atoms with van der Waals surface area (Å²) in [6.45, 7) is 10.0. The first-order valence-corrected chi connectivity index (χ1v) is 7.53. The smallest absolute Gasteiger partial charge is 0.222 e. The van der Waals surface area contributed by atoms with Crippen molar-refractivity contribution in [2.75, 3.05) is 13.1 Å². The van der Waals surface area contributed by atoms with Gasteiger partial charge in [0.25, 0.3) is 0 Å². The van der Waals surface area contributed by atoms with Gasteiger partial charge in [0.15, 0.2) is 0 Å². The summed E-state index contributed by atoms with van der Waals surface area (Å²) in [5.41, 5.74) is 2.42. The standard InChI is InChI=1S/C18H27NO/c1-5-9-18(20)19(13-15(2)3)14-16(4)12-17-10-7-6-8-11-17/h6-8,10-12,15H,5,9,13-14H2,1-4H3/b16-12+. The molecule has 0 aliphatic rings. The summed E-state index contributed by atoms with van der Waals surface area (Å²) in [5.74, 6) is 0.766. The second-order valence-electron chi connectivity index (χ2n) is 5.82. The lowest BCUT2D eigenvalue weighted by atomic mass is 10.1. The van der Waals surface area contributed by atoms with Gasteiger partial charge in [-0.15, -0.1) is 0 Å². The van der Waals surface area contributed by atoms with Gasteiger partial charge >= 0.3 is 0 Å². The number of amides is 1. The predicted molar refractivity (Wildman–Crippen MR) is 86.4 cm³/mol. The Balaban J connectivity index is 2.73. The Morgan fingerprint density at radius 1 is 1.25 bits per heavy atom. The van der Waals surface area contributed by atoms with E-state index in [0.717, 1.165) is 19.5 Å². The van der Waals surface area contributed by atoms with Gasteiger partial charge in [0.05, 0.1) is 0 Å². The lowest BCUT2D eigenvalue weighted by Gasteiger charge is -2.25. The Bertz CT molecular complexity index is 434. The van der Waals surface area contributed by atoms with Crippen LogP contribution in [0.2, 0.25) is 0 Å². The van der Waals surface area contributed by atoms with Crippen molar-refractivity contribution in [2.24, 2.45) is 5.92 Å². The summed E-state index contributed by atoms with van der Waals surface area (Å²) >= 11 is 0. The zero-order valence-corrected chi connectivity index (χ0v) is 13.2. The monoisotopic (exact) mass is 273 g/mol. The number of benzene rings is 1. The van der Waals surface area contributed by atoms with Crippen molar-refractivity contribution in [3.63, 3.8) is 0 Å². The molecule has 0 aromatic heterocycles. The van der Waals surface area contributed by atoms with E-state index in [1.807, 2.05) is 23.1 Å². The lowest BCUT2D eigenvalue weighted by Crippen LogP contribution is -2.35. The summed E-state index contributed by atoms with van der Waals surface area (Å²) in [7, 11) is 0. The van der Waals surface area contributed by atoms with Crippen LogP contribution < -0.4 is 0 Å². The van der Waals surface area contributed by atoms with Crippen LogP contribution in [0.3, 0.4) is 0 Å².